The van der Waals surface area contributed by atoms with Gasteiger partial charge in [0.05, 0.1) is 12.1 Å². The summed E-state index contributed by atoms with van der Waals surface area (Å²) in [4.78, 5) is 7.60. The number of likely N-dealkylation sites (N-methyl/N-ethyl adjacent to an activating group) is 1. The fourth-order valence-corrected chi connectivity index (χ4v) is 7.52. The lowest BCUT2D eigenvalue weighted by Crippen LogP contribution is -2.51. The lowest BCUT2D eigenvalue weighted by molar-refractivity contribution is 0.0296. The van der Waals surface area contributed by atoms with Crippen molar-refractivity contribution in [2.75, 3.05) is 52.4 Å². The number of piperazine rings is 1. The van der Waals surface area contributed by atoms with Crippen LogP contribution in [-0.2, 0) is 13.0 Å². The summed E-state index contributed by atoms with van der Waals surface area (Å²) in [6.07, 6.45) is 10.4. The van der Waals surface area contributed by atoms with Gasteiger partial charge in [-0.2, -0.15) is 0 Å². The van der Waals surface area contributed by atoms with Gasteiger partial charge in [-0.3, -0.25) is 9.80 Å². The zero-order chi connectivity index (χ0) is 23.1. The van der Waals surface area contributed by atoms with Crippen molar-refractivity contribution in [1.29, 1.82) is 0 Å². The second kappa shape index (κ2) is 9.93. The molecule has 2 unspecified atom stereocenters. The van der Waals surface area contributed by atoms with Crippen molar-refractivity contribution in [2.45, 2.75) is 82.9 Å². The summed E-state index contributed by atoms with van der Waals surface area (Å²) in [6.45, 7) is 11.6. The van der Waals surface area contributed by atoms with E-state index in [0.29, 0.717) is 6.04 Å². The average Bonchev–Trinajstić information content (AvgIpc) is 3.21. The van der Waals surface area contributed by atoms with E-state index in [1.807, 2.05) is 0 Å². The van der Waals surface area contributed by atoms with E-state index in [1.165, 1.54) is 56.9 Å². The molecule has 1 saturated carbocycles. The van der Waals surface area contributed by atoms with E-state index in [4.69, 9.17) is 0 Å². The first-order valence-electron chi connectivity index (χ1n) is 14.2. The number of aryl methyl sites for hydroxylation is 1. The molecule has 1 aromatic carbocycles. The molecule has 0 amide bonds. The molecule has 34 heavy (non-hydrogen) atoms. The molecule has 3 heterocycles. The molecule has 1 saturated heterocycles. The molecule has 2 aromatic rings. The zero-order valence-electron chi connectivity index (χ0n) is 21.2. The highest BCUT2D eigenvalue weighted by atomic mass is 16.3. The van der Waals surface area contributed by atoms with E-state index in [2.05, 4.69) is 44.4 Å². The third-order valence-corrected chi connectivity index (χ3v) is 9.41. The number of benzene rings is 1. The number of β-amino-alcohol motifs (C(OH)–C–C–N with tert-alkyl or cyclic N) is 1. The van der Waals surface area contributed by atoms with Crippen molar-refractivity contribution < 1.29 is 5.11 Å². The minimum Gasteiger partial charge on any atom is -0.390 e. The van der Waals surface area contributed by atoms with Gasteiger partial charge in [0.2, 0.25) is 0 Å². The predicted molar refractivity (Wildman–Crippen MR) is 140 cm³/mol. The van der Waals surface area contributed by atoms with Gasteiger partial charge < -0.3 is 14.6 Å². The van der Waals surface area contributed by atoms with Gasteiger partial charge in [0.25, 0.3) is 0 Å². The molecule has 6 rings (SSSR count). The van der Waals surface area contributed by atoms with Crippen LogP contribution >= 0.6 is 0 Å². The highest BCUT2D eigenvalue weighted by Gasteiger charge is 2.36. The molecule has 2 aliphatic heterocycles. The minimum atomic E-state index is -0.257. The summed E-state index contributed by atoms with van der Waals surface area (Å²) in [7, 11) is 0. The van der Waals surface area contributed by atoms with E-state index in [1.54, 1.807) is 22.2 Å². The van der Waals surface area contributed by atoms with Crippen LogP contribution in [0.3, 0.4) is 0 Å². The van der Waals surface area contributed by atoms with Crippen LogP contribution in [0.4, 0.5) is 0 Å². The van der Waals surface area contributed by atoms with Crippen molar-refractivity contribution in [1.82, 2.24) is 19.3 Å². The van der Waals surface area contributed by atoms with Crippen LogP contribution in [-0.4, -0.2) is 82.8 Å². The van der Waals surface area contributed by atoms with Crippen LogP contribution in [0.25, 0.3) is 10.9 Å². The Balaban J connectivity index is 1.19. The van der Waals surface area contributed by atoms with Crippen LogP contribution in [0.2, 0.25) is 0 Å². The first-order valence-corrected chi connectivity index (χ1v) is 14.2. The largest absolute Gasteiger partial charge is 0.390 e. The molecular weight excluding hydrogens is 420 g/mol. The standard InChI is InChI=1S/C29H44N4O/c1-2-30-13-15-31(16-14-30)20-24(34)21-32-17-18-33-27-12-11-23(22-7-4-3-5-8-22)19-26(27)25-9-6-10-28(32)29(25)33/h11-12,19,22,24,28,34H,2-10,13-18,20-21H2,1H3. The Morgan fingerprint density at radius 3 is 2.47 bits per heavy atom. The summed E-state index contributed by atoms with van der Waals surface area (Å²) in [5, 5.41) is 12.6. The molecule has 4 aliphatic rings. The Kier molecular flexibility index (Phi) is 6.72. The van der Waals surface area contributed by atoms with Crippen LogP contribution in [0.1, 0.15) is 80.7 Å². The van der Waals surface area contributed by atoms with Crippen LogP contribution < -0.4 is 0 Å². The van der Waals surface area contributed by atoms with E-state index in [9.17, 15) is 5.11 Å². The highest BCUT2D eigenvalue weighted by molar-refractivity contribution is 5.87. The van der Waals surface area contributed by atoms with Crippen molar-refractivity contribution >= 4 is 10.9 Å². The lowest BCUT2D eigenvalue weighted by atomic mass is 9.83. The molecule has 1 aromatic heterocycles. The number of rotatable bonds is 6. The zero-order valence-corrected chi connectivity index (χ0v) is 21.2. The van der Waals surface area contributed by atoms with Gasteiger partial charge in [-0.1, -0.05) is 32.3 Å². The number of aromatic nitrogens is 1. The molecular formula is C29H44N4O. The number of hydrogen-bond acceptors (Lipinski definition) is 4. The molecule has 186 valence electrons. The number of fused-ring (bicyclic) bond motifs is 3. The maximum Gasteiger partial charge on any atom is 0.0794 e. The quantitative estimate of drug-likeness (QED) is 0.688. The van der Waals surface area contributed by atoms with Crippen molar-refractivity contribution in [2.24, 2.45) is 0 Å². The van der Waals surface area contributed by atoms with Gasteiger partial charge in [-0.25, -0.2) is 0 Å². The van der Waals surface area contributed by atoms with Gasteiger partial charge in [-0.05, 0) is 67.8 Å². The van der Waals surface area contributed by atoms with Crippen molar-refractivity contribution in [3.63, 3.8) is 0 Å². The predicted octanol–water partition coefficient (Wildman–Crippen LogP) is 4.38. The van der Waals surface area contributed by atoms with Gasteiger partial charge in [0, 0.05) is 69.0 Å². The minimum absolute atomic E-state index is 0.257. The van der Waals surface area contributed by atoms with Crippen molar-refractivity contribution in [3.8, 4) is 0 Å². The number of aliphatic hydroxyl groups is 1. The first-order chi connectivity index (χ1) is 16.7. The lowest BCUT2D eigenvalue weighted by Gasteiger charge is -2.41. The molecule has 0 spiro atoms. The molecule has 5 nitrogen and oxygen atoms in total. The highest BCUT2D eigenvalue weighted by Crippen LogP contribution is 2.44. The molecule has 2 atom stereocenters. The SMILES string of the molecule is CCN1CCN(CC(O)CN2CCn3c4c(c5cc(C6CCCCC6)ccc53)CCCC42)CC1. The Labute approximate surface area is 205 Å². The monoisotopic (exact) mass is 464 g/mol. The molecule has 2 aliphatic carbocycles. The summed E-state index contributed by atoms with van der Waals surface area (Å²) in [5.74, 6) is 0.771. The maximum absolute atomic E-state index is 11.0. The fourth-order valence-electron chi connectivity index (χ4n) is 7.52. The van der Waals surface area contributed by atoms with Crippen LogP contribution in [0, 0.1) is 0 Å². The average molecular weight is 465 g/mol. The molecule has 0 radical (unpaired) electrons. The third-order valence-electron chi connectivity index (χ3n) is 9.41. The van der Waals surface area contributed by atoms with Crippen molar-refractivity contribution in [3.05, 3.63) is 35.0 Å². The van der Waals surface area contributed by atoms with E-state index in [0.717, 1.165) is 64.8 Å². The van der Waals surface area contributed by atoms with Gasteiger partial charge in [0.1, 0.15) is 0 Å². The topological polar surface area (TPSA) is 34.9 Å². The number of hydrogen-bond donors (Lipinski definition) is 1. The smallest absolute Gasteiger partial charge is 0.0794 e. The summed E-state index contributed by atoms with van der Waals surface area (Å²) >= 11 is 0. The van der Waals surface area contributed by atoms with E-state index in [-0.39, 0.29) is 6.10 Å². The van der Waals surface area contributed by atoms with Crippen LogP contribution in [0.15, 0.2) is 18.2 Å². The van der Waals surface area contributed by atoms with Crippen LogP contribution in [0.5, 0.6) is 0 Å². The van der Waals surface area contributed by atoms with Gasteiger partial charge in [-0.15, -0.1) is 0 Å². The number of aliphatic hydroxyl groups excluding tert-OH is 1. The second-order valence-electron chi connectivity index (χ2n) is 11.4. The third kappa shape index (κ3) is 4.34. The number of nitrogens with zero attached hydrogens (tertiary/aromatic N) is 4. The van der Waals surface area contributed by atoms with Gasteiger partial charge in [0.15, 0.2) is 0 Å². The molecule has 0 bridgehead atoms. The summed E-state index contributed by atoms with van der Waals surface area (Å²) in [6, 6.07) is 7.93. The Hall–Kier alpha value is -1.40. The Morgan fingerprint density at radius 1 is 0.882 bits per heavy atom. The summed E-state index contributed by atoms with van der Waals surface area (Å²) < 4.78 is 2.64. The molecule has 1 N–H and O–H groups in total. The fraction of sp³-hybridized carbons (Fsp3) is 0.724. The Morgan fingerprint density at radius 2 is 1.68 bits per heavy atom. The first kappa shape index (κ1) is 23.0. The van der Waals surface area contributed by atoms with E-state index < -0.39 is 0 Å². The molecule has 5 heteroatoms. The Bertz CT molecular complexity index is 986. The molecule has 2 fully saturated rings. The maximum atomic E-state index is 11.0. The summed E-state index contributed by atoms with van der Waals surface area (Å²) in [5.41, 5.74) is 6.25. The normalized spacial score (nSPS) is 26.1. The van der Waals surface area contributed by atoms with E-state index >= 15 is 0 Å². The second-order valence-corrected chi connectivity index (χ2v) is 11.4. The van der Waals surface area contributed by atoms with Gasteiger partial charge >= 0.3 is 0 Å².